The number of carbonyl (C=O) groups excluding carboxylic acids is 1. The Morgan fingerprint density at radius 3 is 2.38 bits per heavy atom. The molecule has 6 heteroatoms. The lowest BCUT2D eigenvalue weighted by Crippen LogP contribution is -2.26. The van der Waals surface area contributed by atoms with Gasteiger partial charge >= 0.3 is 0 Å². The Hall–Kier alpha value is -1.56. The van der Waals surface area contributed by atoms with E-state index in [0.717, 1.165) is 4.90 Å². The van der Waals surface area contributed by atoms with E-state index >= 15 is 0 Å². The van der Waals surface area contributed by atoms with Crippen LogP contribution in [-0.4, -0.2) is 23.7 Å². The first kappa shape index (κ1) is 10.9. The average molecular weight is 231 g/mol. The molecule has 0 spiro atoms. The highest BCUT2D eigenvalue weighted by molar-refractivity contribution is 5.96. The zero-order valence-electron chi connectivity index (χ0n) is 8.08. The summed E-state index contributed by atoms with van der Waals surface area (Å²) >= 11 is 0. The van der Waals surface area contributed by atoms with Crippen LogP contribution in [0.15, 0.2) is 12.1 Å². The van der Waals surface area contributed by atoms with E-state index in [1.54, 1.807) is 0 Å². The number of aliphatic hydroxyl groups is 1. The van der Waals surface area contributed by atoms with Gasteiger partial charge in [0, 0.05) is 12.1 Å². The van der Waals surface area contributed by atoms with Crippen molar-refractivity contribution in [2.24, 2.45) is 0 Å². The molecule has 1 aliphatic heterocycles. The number of carbonyl (C=O) groups is 1. The monoisotopic (exact) mass is 231 g/mol. The van der Waals surface area contributed by atoms with Gasteiger partial charge < -0.3 is 10.0 Å². The van der Waals surface area contributed by atoms with Gasteiger partial charge in [0.2, 0.25) is 5.91 Å². The van der Waals surface area contributed by atoms with Gasteiger partial charge in [0.1, 0.15) is 5.82 Å². The van der Waals surface area contributed by atoms with Crippen molar-refractivity contribution >= 4 is 11.6 Å². The summed E-state index contributed by atoms with van der Waals surface area (Å²) in [4.78, 5) is 12.2. The summed E-state index contributed by atoms with van der Waals surface area (Å²) in [5.41, 5.74) is -0.347. The fraction of sp³-hybridized carbons (Fsp3) is 0.300. The molecule has 0 aliphatic carbocycles. The molecule has 1 atom stereocenters. The minimum absolute atomic E-state index is 0.110. The van der Waals surface area contributed by atoms with Gasteiger partial charge in [-0.15, -0.1) is 0 Å². The van der Waals surface area contributed by atoms with Crippen LogP contribution in [0.3, 0.4) is 0 Å². The maximum absolute atomic E-state index is 13.3. The highest BCUT2D eigenvalue weighted by Gasteiger charge is 2.31. The van der Waals surface area contributed by atoms with Crippen molar-refractivity contribution in [3.05, 3.63) is 29.6 Å². The van der Waals surface area contributed by atoms with Gasteiger partial charge in [-0.2, -0.15) is 0 Å². The van der Waals surface area contributed by atoms with Gasteiger partial charge in [0.25, 0.3) is 0 Å². The fourth-order valence-corrected chi connectivity index (χ4v) is 1.64. The number of rotatable bonds is 1. The first-order chi connectivity index (χ1) is 7.49. The van der Waals surface area contributed by atoms with Crippen molar-refractivity contribution in [3.63, 3.8) is 0 Å². The van der Waals surface area contributed by atoms with E-state index in [-0.39, 0.29) is 18.7 Å². The number of amides is 1. The number of aliphatic hydroxyl groups excluding tert-OH is 1. The molecular formula is C10H8F3NO2. The van der Waals surface area contributed by atoms with Gasteiger partial charge in [0.05, 0.1) is 24.8 Å². The van der Waals surface area contributed by atoms with Crippen molar-refractivity contribution in [2.45, 2.75) is 12.5 Å². The molecule has 0 saturated carbocycles. The Morgan fingerprint density at radius 2 is 1.81 bits per heavy atom. The number of hydrogen-bond donors (Lipinski definition) is 1. The highest BCUT2D eigenvalue weighted by atomic mass is 19.2. The topological polar surface area (TPSA) is 40.5 Å². The van der Waals surface area contributed by atoms with Gasteiger partial charge in [-0.25, -0.2) is 13.2 Å². The van der Waals surface area contributed by atoms with E-state index in [0.29, 0.717) is 12.1 Å². The number of nitrogens with zero attached hydrogens (tertiary/aromatic N) is 1. The zero-order valence-corrected chi connectivity index (χ0v) is 8.08. The van der Waals surface area contributed by atoms with Gasteiger partial charge in [0.15, 0.2) is 11.6 Å². The number of halogens is 3. The largest absolute Gasteiger partial charge is 0.391 e. The highest BCUT2D eigenvalue weighted by Crippen LogP contribution is 2.26. The second-order valence-electron chi connectivity index (χ2n) is 3.58. The summed E-state index contributed by atoms with van der Waals surface area (Å²) < 4.78 is 38.8. The van der Waals surface area contributed by atoms with Gasteiger partial charge in [-0.3, -0.25) is 4.79 Å². The Labute approximate surface area is 89.1 Å². The molecule has 1 N–H and O–H groups in total. The van der Waals surface area contributed by atoms with Crippen LogP contribution < -0.4 is 4.90 Å². The molecule has 0 radical (unpaired) electrons. The molecule has 1 unspecified atom stereocenters. The third-order valence-electron chi connectivity index (χ3n) is 2.39. The number of β-amino-alcohol motifs (C(OH)–C–C–N with tert-alkyl or cyclic N) is 1. The fourth-order valence-electron chi connectivity index (χ4n) is 1.64. The van der Waals surface area contributed by atoms with E-state index in [2.05, 4.69) is 0 Å². The van der Waals surface area contributed by atoms with Crippen molar-refractivity contribution in [1.29, 1.82) is 0 Å². The lowest BCUT2D eigenvalue weighted by atomic mass is 10.2. The maximum Gasteiger partial charge on any atom is 0.229 e. The van der Waals surface area contributed by atoms with E-state index in [4.69, 9.17) is 0 Å². The molecule has 1 aromatic rings. The molecule has 1 amide bonds. The minimum Gasteiger partial charge on any atom is -0.391 e. The molecule has 2 rings (SSSR count). The molecule has 3 nitrogen and oxygen atoms in total. The Kier molecular flexibility index (Phi) is 2.59. The third kappa shape index (κ3) is 1.76. The summed E-state index contributed by atoms with van der Waals surface area (Å²) in [6.07, 6.45) is -1.04. The summed E-state index contributed by atoms with van der Waals surface area (Å²) in [7, 11) is 0. The summed E-state index contributed by atoms with van der Waals surface area (Å²) in [6, 6.07) is 0.989. The van der Waals surface area contributed by atoms with E-state index in [9.17, 15) is 23.1 Å². The molecule has 1 fully saturated rings. The number of anilines is 1. The van der Waals surface area contributed by atoms with E-state index < -0.39 is 29.5 Å². The quantitative estimate of drug-likeness (QED) is 0.738. The van der Waals surface area contributed by atoms with E-state index in [1.807, 2.05) is 0 Å². The predicted octanol–water partition coefficient (Wildman–Crippen LogP) is 1.20. The van der Waals surface area contributed by atoms with Crippen molar-refractivity contribution in [1.82, 2.24) is 0 Å². The van der Waals surface area contributed by atoms with Crippen LogP contribution in [0.5, 0.6) is 0 Å². The molecule has 1 aliphatic rings. The average Bonchev–Trinajstić information content (AvgIpc) is 2.51. The predicted molar refractivity (Wildman–Crippen MR) is 49.3 cm³/mol. The molecular weight excluding hydrogens is 223 g/mol. The first-order valence-electron chi connectivity index (χ1n) is 4.62. The molecule has 86 valence electrons. The number of benzene rings is 1. The zero-order chi connectivity index (χ0) is 11.9. The van der Waals surface area contributed by atoms with Crippen LogP contribution in [0.2, 0.25) is 0 Å². The summed E-state index contributed by atoms with van der Waals surface area (Å²) in [5, 5.41) is 9.19. The van der Waals surface area contributed by atoms with E-state index in [1.165, 1.54) is 0 Å². The second-order valence-corrected chi connectivity index (χ2v) is 3.58. The van der Waals surface area contributed by atoms with Gasteiger partial charge in [-0.05, 0) is 0 Å². The van der Waals surface area contributed by atoms with Crippen LogP contribution in [0.1, 0.15) is 6.42 Å². The number of hydrogen-bond acceptors (Lipinski definition) is 2. The summed E-state index contributed by atoms with van der Waals surface area (Å²) in [5.74, 6) is -4.09. The lowest BCUT2D eigenvalue weighted by molar-refractivity contribution is -0.117. The maximum atomic E-state index is 13.3. The second kappa shape index (κ2) is 3.79. The Morgan fingerprint density at radius 1 is 1.19 bits per heavy atom. The molecule has 0 bridgehead atoms. The molecule has 1 heterocycles. The molecule has 1 saturated heterocycles. The Bertz CT molecular complexity index is 450. The van der Waals surface area contributed by atoms with Crippen molar-refractivity contribution < 1.29 is 23.1 Å². The minimum atomic E-state index is -1.31. The van der Waals surface area contributed by atoms with Gasteiger partial charge in [-0.1, -0.05) is 0 Å². The lowest BCUT2D eigenvalue weighted by Gasteiger charge is -2.16. The Balaban J connectivity index is 2.41. The van der Waals surface area contributed by atoms with Crippen LogP contribution in [-0.2, 0) is 4.79 Å². The molecule has 0 aromatic heterocycles. The molecule has 1 aromatic carbocycles. The van der Waals surface area contributed by atoms with Crippen LogP contribution in [0.25, 0.3) is 0 Å². The smallest absolute Gasteiger partial charge is 0.229 e. The van der Waals surface area contributed by atoms with Crippen molar-refractivity contribution in [3.8, 4) is 0 Å². The molecule has 16 heavy (non-hydrogen) atoms. The third-order valence-corrected chi connectivity index (χ3v) is 2.39. The SMILES string of the molecule is O=C1CC(O)CN1c1cc(F)c(F)cc1F. The van der Waals surface area contributed by atoms with Crippen LogP contribution >= 0.6 is 0 Å². The first-order valence-corrected chi connectivity index (χ1v) is 4.62. The van der Waals surface area contributed by atoms with Crippen LogP contribution in [0.4, 0.5) is 18.9 Å². The summed E-state index contributed by atoms with van der Waals surface area (Å²) in [6.45, 7) is -0.110. The van der Waals surface area contributed by atoms with Crippen LogP contribution in [0, 0.1) is 17.5 Å². The van der Waals surface area contributed by atoms with Crippen molar-refractivity contribution in [2.75, 3.05) is 11.4 Å². The normalized spacial score (nSPS) is 20.6. The standard InChI is InChI=1S/C10H8F3NO2/c11-6-2-8(13)9(3-7(6)12)14-4-5(15)1-10(14)16/h2-3,5,15H,1,4H2.